The molecular formula is C62H109NO5. The van der Waals surface area contributed by atoms with Gasteiger partial charge in [-0.05, 0) is 77.0 Å². The SMILES string of the molecule is CCC/C=C/C=C/C=C/C=C/C=C/CCCCCCCC(=O)OC(CCCCCCC/C=C\C/C=C\CCCCC)CC(=O)NC(CO)C(O)CCCCCCCCCCCCCCCCCC. The van der Waals surface area contributed by atoms with Crippen LogP contribution in [-0.4, -0.2) is 46.9 Å². The van der Waals surface area contributed by atoms with E-state index < -0.39 is 18.2 Å². The molecule has 0 aliphatic carbocycles. The molecule has 0 saturated heterocycles. The first-order valence-corrected chi connectivity index (χ1v) is 28.9. The zero-order chi connectivity index (χ0) is 49.5. The van der Waals surface area contributed by atoms with E-state index >= 15 is 0 Å². The Bertz CT molecular complexity index is 1290. The normalized spacial score (nSPS) is 13.8. The van der Waals surface area contributed by atoms with Crippen molar-refractivity contribution in [3.05, 3.63) is 85.1 Å². The van der Waals surface area contributed by atoms with Crippen LogP contribution in [0.15, 0.2) is 85.1 Å². The molecule has 0 rings (SSSR count). The summed E-state index contributed by atoms with van der Waals surface area (Å²) >= 11 is 0. The van der Waals surface area contributed by atoms with Gasteiger partial charge in [-0.1, -0.05) is 266 Å². The number of ether oxygens (including phenoxy) is 1. The topological polar surface area (TPSA) is 95.9 Å². The monoisotopic (exact) mass is 948 g/mol. The number of esters is 1. The molecule has 0 bridgehead atoms. The molecule has 0 saturated carbocycles. The van der Waals surface area contributed by atoms with Crippen molar-refractivity contribution < 1.29 is 24.5 Å². The second-order valence-corrected chi connectivity index (χ2v) is 19.5. The van der Waals surface area contributed by atoms with Crippen LogP contribution < -0.4 is 5.32 Å². The average molecular weight is 949 g/mol. The molecule has 0 aromatic carbocycles. The third-order valence-electron chi connectivity index (χ3n) is 12.8. The number of allylic oxidation sites excluding steroid dienone is 14. The van der Waals surface area contributed by atoms with Crippen molar-refractivity contribution in [3.63, 3.8) is 0 Å². The third-order valence-corrected chi connectivity index (χ3v) is 12.8. The molecule has 0 radical (unpaired) electrons. The molecule has 68 heavy (non-hydrogen) atoms. The Balaban J connectivity index is 4.63. The quantitative estimate of drug-likeness (QED) is 0.0244. The summed E-state index contributed by atoms with van der Waals surface area (Å²) in [6.45, 7) is 6.38. The van der Waals surface area contributed by atoms with Gasteiger partial charge in [0.2, 0.25) is 5.91 Å². The van der Waals surface area contributed by atoms with Crippen LogP contribution in [-0.2, 0) is 14.3 Å². The molecule has 0 aromatic rings. The van der Waals surface area contributed by atoms with Gasteiger partial charge in [-0.2, -0.15) is 0 Å². The lowest BCUT2D eigenvalue weighted by atomic mass is 10.0. The van der Waals surface area contributed by atoms with E-state index in [0.717, 1.165) is 103 Å². The zero-order valence-electron chi connectivity index (χ0n) is 44.7. The highest BCUT2D eigenvalue weighted by Crippen LogP contribution is 2.18. The van der Waals surface area contributed by atoms with Crippen molar-refractivity contribution in [1.29, 1.82) is 0 Å². The number of carbonyl (C=O) groups excluding carboxylic acids is 2. The second kappa shape index (κ2) is 55.0. The lowest BCUT2D eigenvalue weighted by Gasteiger charge is -2.24. The van der Waals surface area contributed by atoms with Crippen molar-refractivity contribution in [3.8, 4) is 0 Å². The Kier molecular flexibility index (Phi) is 52.6. The first-order valence-electron chi connectivity index (χ1n) is 28.9. The molecule has 3 unspecified atom stereocenters. The summed E-state index contributed by atoms with van der Waals surface area (Å²) in [5.74, 6) is -0.515. The van der Waals surface area contributed by atoms with Crippen LogP contribution in [0.1, 0.15) is 271 Å². The number of unbranched alkanes of at least 4 members (excludes halogenated alkanes) is 29. The van der Waals surface area contributed by atoms with Crippen LogP contribution in [0.5, 0.6) is 0 Å². The van der Waals surface area contributed by atoms with E-state index in [2.05, 4.69) is 86.8 Å². The summed E-state index contributed by atoms with van der Waals surface area (Å²) < 4.78 is 5.95. The number of rotatable bonds is 51. The molecule has 0 aliphatic heterocycles. The van der Waals surface area contributed by atoms with E-state index in [4.69, 9.17) is 4.74 Å². The van der Waals surface area contributed by atoms with Crippen LogP contribution >= 0.6 is 0 Å². The second-order valence-electron chi connectivity index (χ2n) is 19.5. The summed E-state index contributed by atoms with van der Waals surface area (Å²) in [5.41, 5.74) is 0. The molecule has 0 heterocycles. The third kappa shape index (κ3) is 49.5. The minimum atomic E-state index is -0.802. The van der Waals surface area contributed by atoms with Gasteiger partial charge in [-0.15, -0.1) is 0 Å². The van der Waals surface area contributed by atoms with Gasteiger partial charge in [0.15, 0.2) is 0 Å². The van der Waals surface area contributed by atoms with Crippen LogP contribution in [0, 0.1) is 0 Å². The van der Waals surface area contributed by atoms with Crippen LogP contribution in [0.3, 0.4) is 0 Å². The van der Waals surface area contributed by atoms with E-state index in [1.54, 1.807) is 0 Å². The fraction of sp³-hybridized carbons (Fsp3) is 0.742. The molecule has 0 aliphatic rings. The van der Waals surface area contributed by atoms with E-state index in [9.17, 15) is 19.8 Å². The Morgan fingerprint density at radius 2 is 0.838 bits per heavy atom. The van der Waals surface area contributed by atoms with Crippen molar-refractivity contribution in [1.82, 2.24) is 5.32 Å². The minimum absolute atomic E-state index is 0.0542. The van der Waals surface area contributed by atoms with Gasteiger partial charge in [0.25, 0.3) is 0 Å². The summed E-state index contributed by atoms with van der Waals surface area (Å²) in [5, 5.41) is 23.9. The Hall–Kier alpha value is -2.96. The molecule has 3 atom stereocenters. The molecule has 6 heteroatoms. The highest BCUT2D eigenvalue weighted by atomic mass is 16.5. The number of aliphatic hydroxyl groups excluding tert-OH is 2. The summed E-state index contributed by atoms with van der Waals surface area (Å²) in [7, 11) is 0. The largest absolute Gasteiger partial charge is 0.462 e. The predicted molar refractivity (Wildman–Crippen MR) is 296 cm³/mol. The summed E-state index contributed by atoms with van der Waals surface area (Å²) in [6.07, 6.45) is 72.1. The maximum Gasteiger partial charge on any atom is 0.306 e. The van der Waals surface area contributed by atoms with Gasteiger partial charge in [0.1, 0.15) is 6.10 Å². The fourth-order valence-corrected chi connectivity index (χ4v) is 8.43. The Labute approximate surface area is 421 Å². The van der Waals surface area contributed by atoms with Crippen molar-refractivity contribution >= 4 is 11.9 Å². The number of carbonyl (C=O) groups is 2. The minimum Gasteiger partial charge on any atom is -0.462 e. The fourth-order valence-electron chi connectivity index (χ4n) is 8.43. The molecular weight excluding hydrogens is 839 g/mol. The summed E-state index contributed by atoms with van der Waals surface area (Å²) in [4.78, 5) is 26.3. The van der Waals surface area contributed by atoms with Gasteiger partial charge >= 0.3 is 5.97 Å². The number of hydrogen-bond donors (Lipinski definition) is 3. The number of amides is 1. The number of aliphatic hydroxyl groups is 2. The maximum absolute atomic E-state index is 13.3. The Morgan fingerprint density at radius 1 is 0.441 bits per heavy atom. The van der Waals surface area contributed by atoms with E-state index in [1.807, 2.05) is 24.3 Å². The molecule has 6 nitrogen and oxygen atoms in total. The van der Waals surface area contributed by atoms with E-state index in [1.165, 1.54) is 122 Å². The lowest BCUT2D eigenvalue weighted by molar-refractivity contribution is -0.151. The highest BCUT2D eigenvalue weighted by molar-refractivity contribution is 5.77. The first kappa shape index (κ1) is 65.0. The summed E-state index contributed by atoms with van der Waals surface area (Å²) in [6, 6.07) is -0.717. The van der Waals surface area contributed by atoms with Gasteiger partial charge < -0.3 is 20.3 Å². The lowest BCUT2D eigenvalue weighted by Crippen LogP contribution is -2.46. The molecule has 1 amide bonds. The molecule has 392 valence electrons. The Morgan fingerprint density at radius 3 is 1.34 bits per heavy atom. The number of nitrogens with one attached hydrogen (secondary N) is 1. The average Bonchev–Trinajstić information content (AvgIpc) is 3.33. The van der Waals surface area contributed by atoms with Gasteiger partial charge in [-0.3, -0.25) is 9.59 Å². The maximum atomic E-state index is 13.3. The molecule has 0 aromatic heterocycles. The predicted octanol–water partition coefficient (Wildman–Crippen LogP) is 17.9. The van der Waals surface area contributed by atoms with Crippen molar-refractivity contribution in [2.24, 2.45) is 0 Å². The molecule has 0 fully saturated rings. The van der Waals surface area contributed by atoms with Gasteiger partial charge in [0, 0.05) is 6.42 Å². The van der Waals surface area contributed by atoms with Crippen LogP contribution in [0.2, 0.25) is 0 Å². The van der Waals surface area contributed by atoms with E-state index in [-0.39, 0.29) is 24.9 Å². The van der Waals surface area contributed by atoms with Crippen molar-refractivity contribution in [2.45, 2.75) is 289 Å². The van der Waals surface area contributed by atoms with Gasteiger partial charge in [0.05, 0.1) is 25.2 Å². The smallest absolute Gasteiger partial charge is 0.306 e. The van der Waals surface area contributed by atoms with E-state index in [0.29, 0.717) is 19.3 Å². The zero-order valence-corrected chi connectivity index (χ0v) is 44.7. The van der Waals surface area contributed by atoms with Gasteiger partial charge in [-0.25, -0.2) is 0 Å². The standard InChI is InChI=1S/C62H109NO5/c1-4-7-10-13-16-19-22-25-28-30-31-34-37-40-43-46-49-52-55-62(67)68-58(53-50-47-44-41-38-35-32-27-24-21-18-15-12-9-6-3)56-61(66)63-59(57-64)60(65)54-51-48-45-42-39-36-33-29-26-23-20-17-14-11-8-5-2/h10,13,16,18-19,21-22,25,27-28,30-32,34,58-60,64-65H,4-9,11-12,14-15,17,20,23-24,26,29,33,35-57H2,1-3H3,(H,63,66)/b13-10+,19-16+,21-18-,25-22+,30-28+,32-27-,34-31+. The highest BCUT2D eigenvalue weighted by Gasteiger charge is 2.24. The first-order chi connectivity index (χ1) is 33.5. The molecule has 3 N–H and O–H groups in total. The number of hydrogen-bond acceptors (Lipinski definition) is 5. The van der Waals surface area contributed by atoms with Crippen LogP contribution in [0.25, 0.3) is 0 Å². The van der Waals surface area contributed by atoms with Crippen LogP contribution in [0.4, 0.5) is 0 Å². The molecule has 0 spiro atoms. The van der Waals surface area contributed by atoms with Crippen molar-refractivity contribution in [2.75, 3.05) is 6.61 Å².